The molecule has 13 heteroatoms. The van der Waals surface area contributed by atoms with Gasteiger partial charge in [0.2, 0.25) is 10.0 Å². The molecule has 2 rings (SSSR count). The summed E-state index contributed by atoms with van der Waals surface area (Å²) < 4.78 is 72.7. The zero-order valence-electron chi connectivity index (χ0n) is 17.2. The molecular formula is C19H22F3N5O4S. The molecule has 0 saturated heterocycles. The molecule has 9 nitrogen and oxygen atoms in total. The smallest absolute Gasteiger partial charge is 0.420 e. The molecule has 0 atom stereocenters. The van der Waals surface area contributed by atoms with Crippen LogP contribution in [0.4, 0.5) is 13.2 Å². The summed E-state index contributed by atoms with van der Waals surface area (Å²) in [5.41, 5.74) is 8.55. The molecule has 2 aromatic carbocycles. The third kappa shape index (κ3) is 6.93. The highest BCUT2D eigenvalue weighted by molar-refractivity contribution is 7.89. The van der Waals surface area contributed by atoms with Gasteiger partial charge in [-0.2, -0.15) is 18.2 Å². The lowest BCUT2D eigenvalue weighted by atomic mass is 10.1. The van der Waals surface area contributed by atoms with Gasteiger partial charge in [0, 0.05) is 18.7 Å². The Kier molecular flexibility index (Phi) is 7.83. The number of rotatable bonds is 8. The second-order valence-electron chi connectivity index (χ2n) is 6.83. The molecule has 174 valence electrons. The number of ether oxygens (including phenoxy) is 1. The number of aliphatic imine (C=N–C) groups is 1. The van der Waals surface area contributed by atoms with Gasteiger partial charge in [-0.15, -0.1) is 0 Å². The molecule has 0 aliphatic carbocycles. The number of sulfonamides is 1. The maximum absolute atomic E-state index is 13.5. The van der Waals surface area contributed by atoms with E-state index in [0.29, 0.717) is 12.6 Å². The molecule has 0 saturated carbocycles. The molecule has 1 amide bonds. The van der Waals surface area contributed by atoms with Gasteiger partial charge in [-0.05, 0) is 56.6 Å². The third-order valence-corrected chi connectivity index (χ3v) is 5.45. The summed E-state index contributed by atoms with van der Waals surface area (Å²) in [5.74, 6) is -2.25. The van der Waals surface area contributed by atoms with Gasteiger partial charge in [-0.25, -0.2) is 13.1 Å². The lowest BCUT2D eigenvalue weighted by Gasteiger charge is -2.15. The molecule has 0 aliphatic rings. The van der Waals surface area contributed by atoms with Crippen LogP contribution in [-0.4, -0.2) is 52.4 Å². The van der Waals surface area contributed by atoms with Crippen LogP contribution in [0.3, 0.4) is 0 Å². The van der Waals surface area contributed by atoms with Crippen LogP contribution in [0.15, 0.2) is 52.4 Å². The molecule has 0 bridgehead atoms. The minimum absolute atomic E-state index is 0.0361. The minimum atomic E-state index is -4.84. The fourth-order valence-electron chi connectivity index (χ4n) is 2.46. The summed E-state index contributed by atoms with van der Waals surface area (Å²) in [4.78, 5) is 16.8. The van der Waals surface area contributed by atoms with E-state index < -0.39 is 39.4 Å². The van der Waals surface area contributed by atoms with Crippen molar-refractivity contribution >= 4 is 21.9 Å². The molecule has 32 heavy (non-hydrogen) atoms. The number of hydrogen-bond acceptors (Lipinski definition) is 5. The number of carbonyl (C=O) groups is 1. The number of nitrogens with zero attached hydrogens (tertiary/aromatic N) is 2. The first kappa shape index (κ1) is 25.1. The molecule has 0 spiro atoms. The van der Waals surface area contributed by atoms with Gasteiger partial charge in [0.1, 0.15) is 11.5 Å². The van der Waals surface area contributed by atoms with Crippen molar-refractivity contribution < 1.29 is 31.1 Å². The molecule has 0 radical (unpaired) electrons. The Morgan fingerprint density at radius 1 is 1.12 bits per heavy atom. The van der Waals surface area contributed by atoms with E-state index in [-0.39, 0.29) is 22.8 Å². The fourth-order valence-corrected chi connectivity index (χ4v) is 3.48. The summed E-state index contributed by atoms with van der Waals surface area (Å²) in [5, 5.41) is 0. The summed E-state index contributed by atoms with van der Waals surface area (Å²) in [7, 11) is -0.203. The number of benzene rings is 2. The largest absolute Gasteiger partial charge is 0.457 e. The van der Waals surface area contributed by atoms with Crippen molar-refractivity contribution in [3.05, 3.63) is 53.6 Å². The predicted molar refractivity (Wildman–Crippen MR) is 112 cm³/mol. The number of likely N-dealkylation sites (N-methyl/N-ethyl adjacent to an activating group) is 1. The molecule has 0 heterocycles. The third-order valence-electron chi connectivity index (χ3n) is 3.98. The van der Waals surface area contributed by atoms with Gasteiger partial charge in [0.05, 0.1) is 10.5 Å². The number of guanidine groups is 1. The van der Waals surface area contributed by atoms with Crippen LogP contribution in [0.25, 0.3) is 0 Å². The van der Waals surface area contributed by atoms with Crippen molar-refractivity contribution in [1.82, 2.24) is 9.62 Å². The Labute approximate surface area is 182 Å². The van der Waals surface area contributed by atoms with Gasteiger partial charge >= 0.3 is 6.18 Å². The highest BCUT2D eigenvalue weighted by Gasteiger charge is 2.35. The van der Waals surface area contributed by atoms with E-state index in [1.807, 2.05) is 0 Å². The first-order valence-electron chi connectivity index (χ1n) is 9.07. The number of hydrogen-bond donors (Lipinski definition) is 3. The highest BCUT2D eigenvalue weighted by atomic mass is 32.2. The topological polar surface area (TPSA) is 140 Å². The lowest BCUT2D eigenvalue weighted by Crippen LogP contribution is -2.31. The van der Waals surface area contributed by atoms with Crippen LogP contribution < -0.4 is 20.9 Å². The summed E-state index contributed by atoms with van der Waals surface area (Å²) in [6.07, 6.45) is -4.84. The Balaban J connectivity index is 2.27. The fraction of sp³-hybridized carbons (Fsp3) is 0.263. The predicted octanol–water partition coefficient (Wildman–Crippen LogP) is 1.75. The molecule has 0 aromatic heterocycles. The van der Waals surface area contributed by atoms with E-state index in [1.165, 1.54) is 24.3 Å². The van der Waals surface area contributed by atoms with Crippen molar-refractivity contribution in [3.63, 3.8) is 0 Å². The molecular weight excluding hydrogens is 451 g/mol. The number of carbonyl (C=O) groups excluding carboxylic acids is 1. The molecule has 5 N–H and O–H groups in total. The molecule has 0 fully saturated rings. The van der Waals surface area contributed by atoms with Crippen LogP contribution in [0, 0.1) is 0 Å². The van der Waals surface area contributed by atoms with Gasteiger partial charge in [0.15, 0.2) is 5.96 Å². The van der Waals surface area contributed by atoms with E-state index in [2.05, 4.69) is 9.71 Å². The number of halogens is 3. The maximum atomic E-state index is 13.5. The summed E-state index contributed by atoms with van der Waals surface area (Å²) >= 11 is 0. The quantitative estimate of drug-likeness (QED) is 0.392. The van der Waals surface area contributed by atoms with Gasteiger partial charge in [-0.1, -0.05) is 0 Å². The summed E-state index contributed by atoms with van der Waals surface area (Å²) in [6, 6.07) is 7.45. The van der Waals surface area contributed by atoms with E-state index in [4.69, 9.17) is 16.2 Å². The van der Waals surface area contributed by atoms with Gasteiger partial charge in [-0.3, -0.25) is 4.79 Å². The number of nitrogens with two attached hydrogens (primary N) is 2. The zero-order chi connectivity index (χ0) is 24.1. The zero-order valence-corrected chi connectivity index (χ0v) is 18.0. The second-order valence-corrected chi connectivity index (χ2v) is 8.59. The van der Waals surface area contributed by atoms with Crippen molar-refractivity contribution in [2.75, 3.05) is 27.2 Å². The SMILES string of the molecule is CN(C)CCNS(=O)(=O)c1ccc(Oc2ccc(C(=O)N=C(N)N)cc2C(F)(F)F)cc1. The van der Waals surface area contributed by atoms with Crippen molar-refractivity contribution in [1.29, 1.82) is 0 Å². The molecule has 0 aliphatic heterocycles. The van der Waals surface area contributed by atoms with Crippen LogP contribution >= 0.6 is 0 Å². The summed E-state index contributed by atoms with van der Waals surface area (Å²) in [6.45, 7) is 0.676. The Morgan fingerprint density at radius 2 is 1.75 bits per heavy atom. The van der Waals surface area contributed by atoms with E-state index in [9.17, 15) is 26.4 Å². The van der Waals surface area contributed by atoms with E-state index >= 15 is 0 Å². The van der Waals surface area contributed by atoms with Crippen LogP contribution in [0.2, 0.25) is 0 Å². The van der Waals surface area contributed by atoms with Crippen molar-refractivity contribution in [2.24, 2.45) is 16.5 Å². The minimum Gasteiger partial charge on any atom is -0.457 e. The van der Waals surface area contributed by atoms with Crippen molar-refractivity contribution in [3.8, 4) is 11.5 Å². The Hall–Kier alpha value is -3.16. The van der Waals surface area contributed by atoms with E-state index in [0.717, 1.165) is 12.1 Å². The van der Waals surface area contributed by atoms with Crippen LogP contribution in [0.1, 0.15) is 15.9 Å². The van der Waals surface area contributed by atoms with Gasteiger partial charge < -0.3 is 21.1 Å². The van der Waals surface area contributed by atoms with Crippen molar-refractivity contribution in [2.45, 2.75) is 11.1 Å². The number of amides is 1. The van der Waals surface area contributed by atoms with E-state index in [1.54, 1.807) is 19.0 Å². The number of alkyl halides is 3. The average Bonchev–Trinajstić information content (AvgIpc) is 2.67. The molecule has 2 aromatic rings. The highest BCUT2D eigenvalue weighted by Crippen LogP contribution is 2.39. The average molecular weight is 473 g/mol. The molecule has 0 unspecified atom stereocenters. The lowest BCUT2D eigenvalue weighted by molar-refractivity contribution is -0.138. The first-order chi connectivity index (χ1) is 14.8. The number of nitrogens with one attached hydrogen (secondary N) is 1. The van der Waals surface area contributed by atoms with Gasteiger partial charge in [0.25, 0.3) is 5.91 Å². The maximum Gasteiger partial charge on any atom is 0.420 e. The normalized spacial score (nSPS) is 11.9. The van der Waals surface area contributed by atoms with Crippen LogP contribution in [-0.2, 0) is 16.2 Å². The standard InChI is InChI=1S/C19H22F3N5O4S/c1-27(2)10-9-25-32(29,30)14-6-4-13(5-7-14)31-16-8-3-12(17(28)26-18(23)24)11-15(16)19(20,21)22/h3-8,11,25H,9-10H2,1-2H3,(H4,23,24,26,28). The Bertz CT molecular complexity index is 1100. The Morgan fingerprint density at radius 3 is 2.28 bits per heavy atom. The first-order valence-corrected chi connectivity index (χ1v) is 10.6. The second kappa shape index (κ2) is 9.97. The monoisotopic (exact) mass is 473 g/mol. The van der Waals surface area contributed by atoms with Crippen LogP contribution in [0.5, 0.6) is 11.5 Å².